The monoisotopic (exact) mass is 224 g/mol. The Morgan fingerprint density at radius 2 is 2.47 bits per heavy atom. The molecule has 1 heterocycles. The average molecular weight is 224 g/mol. The van der Waals surface area contributed by atoms with Crippen LogP contribution in [-0.2, 0) is 16.1 Å². The van der Waals surface area contributed by atoms with Crippen LogP contribution in [0.25, 0.3) is 0 Å². The smallest absolute Gasteiger partial charge is 0.322 e. The van der Waals surface area contributed by atoms with Crippen molar-refractivity contribution >= 4 is 17.3 Å². The van der Waals surface area contributed by atoms with Gasteiger partial charge in [-0.3, -0.25) is 10.1 Å². The molecule has 0 aliphatic rings. The third-order valence-corrected chi connectivity index (χ3v) is 2.90. The number of esters is 1. The van der Waals surface area contributed by atoms with Gasteiger partial charge in [-0.15, -0.1) is 11.3 Å². The number of methoxy groups -OCH3 is 1. The Morgan fingerprint density at radius 3 is 3.00 bits per heavy atom. The van der Waals surface area contributed by atoms with Crippen molar-refractivity contribution in [3.8, 4) is 6.07 Å². The fraction of sp³-hybridized carbons (Fsp3) is 0.400. The maximum Gasteiger partial charge on any atom is 0.322 e. The molecule has 0 aliphatic carbocycles. The predicted octanol–water partition coefficient (Wildman–Crippen LogP) is 1.27. The fourth-order valence-electron chi connectivity index (χ4n) is 1.05. The van der Waals surface area contributed by atoms with Crippen molar-refractivity contribution in [2.24, 2.45) is 0 Å². The number of thiophene rings is 1. The van der Waals surface area contributed by atoms with Crippen molar-refractivity contribution < 1.29 is 9.53 Å². The van der Waals surface area contributed by atoms with E-state index in [-0.39, 0.29) is 12.0 Å². The van der Waals surface area contributed by atoms with Gasteiger partial charge < -0.3 is 4.74 Å². The third-order valence-electron chi connectivity index (χ3n) is 1.91. The second kappa shape index (κ2) is 5.49. The van der Waals surface area contributed by atoms with E-state index in [0.717, 1.165) is 4.88 Å². The van der Waals surface area contributed by atoms with Crippen LogP contribution in [0.3, 0.4) is 0 Å². The van der Waals surface area contributed by atoms with E-state index < -0.39 is 0 Å². The second-order valence-corrected chi connectivity index (χ2v) is 4.17. The lowest BCUT2D eigenvalue weighted by molar-refractivity contribution is -0.142. The lowest BCUT2D eigenvalue weighted by atomic mass is 10.3. The summed E-state index contributed by atoms with van der Waals surface area (Å²) in [4.78, 5) is 12.8. The van der Waals surface area contributed by atoms with E-state index in [1.807, 2.05) is 6.07 Å². The first kappa shape index (κ1) is 11.7. The standard InChI is InChI=1S/C10H12N2O2S/c1-7(10(13)14-2)12-6-9-4-3-8(5-11)15-9/h3-4,7,12H,6H2,1-2H3/t7-/m1/s1. The largest absolute Gasteiger partial charge is 0.468 e. The van der Waals surface area contributed by atoms with Crippen LogP contribution in [0.2, 0.25) is 0 Å². The number of carbonyl (C=O) groups is 1. The number of nitrogens with one attached hydrogen (secondary N) is 1. The zero-order valence-electron chi connectivity index (χ0n) is 8.61. The van der Waals surface area contributed by atoms with Crippen LogP contribution in [0.4, 0.5) is 0 Å². The van der Waals surface area contributed by atoms with Gasteiger partial charge in [-0.1, -0.05) is 0 Å². The molecule has 4 nitrogen and oxygen atoms in total. The predicted molar refractivity (Wildman–Crippen MR) is 57.4 cm³/mol. The zero-order chi connectivity index (χ0) is 11.3. The third kappa shape index (κ3) is 3.35. The Bertz CT molecular complexity index is 381. The zero-order valence-corrected chi connectivity index (χ0v) is 9.43. The summed E-state index contributed by atoms with van der Waals surface area (Å²) in [6.07, 6.45) is 0. The Labute approximate surface area is 92.5 Å². The molecular weight excluding hydrogens is 212 g/mol. The summed E-state index contributed by atoms with van der Waals surface area (Å²) in [5.41, 5.74) is 0. The number of rotatable bonds is 4. The van der Waals surface area contributed by atoms with Gasteiger partial charge in [0.1, 0.15) is 17.0 Å². The molecule has 0 radical (unpaired) electrons. The molecule has 1 N–H and O–H groups in total. The molecule has 0 fully saturated rings. The average Bonchev–Trinajstić information content (AvgIpc) is 2.72. The summed E-state index contributed by atoms with van der Waals surface area (Å²) in [7, 11) is 1.36. The van der Waals surface area contributed by atoms with E-state index >= 15 is 0 Å². The van der Waals surface area contributed by atoms with E-state index in [2.05, 4.69) is 16.1 Å². The van der Waals surface area contributed by atoms with Crippen LogP contribution in [0.1, 0.15) is 16.7 Å². The Hall–Kier alpha value is -1.38. The highest BCUT2D eigenvalue weighted by atomic mass is 32.1. The maximum atomic E-state index is 11.1. The molecule has 0 saturated heterocycles. The minimum atomic E-state index is -0.331. The topological polar surface area (TPSA) is 62.1 Å². The summed E-state index contributed by atoms with van der Waals surface area (Å²) in [6, 6.07) is 5.38. The molecule has 1 atom stereocenters. The van der Waals surface area contributed by atoms with E-state index in [1.165, 1.54) is 18.4 Å². The summed E-state index contributed by atoms with van der Waals surface area (Å²) >= 11 is 1.42. The van der Waals surface area contributed by atoms with Crippen molar-refractivity contribution in [1.82, 2.24) is 5.32 Å². The Morgan fingerprint density at radius 1 is 1.73 bits per heavy atom. The number of hydrogen-bond acceptors (Lipinski definition) is 5. The van der Waals surface area contributed by atoms with Crippen LogP contribution in [0.5, 0.6) is 0 Å². The number of hydrogen-bond donors (Lipinski definition) is 1. The van der Waals surface area contributed by atoms with Gasteiger partial charge in [-0.25, -0.2) is 0 Å². The molecule has 0 saturated carbocycles. The summed E-state index contributed by atoms with van der Waals surface area (Å²) in [6.45, 7) is 2.31. The molecule has 0 unspecified atom stereocenters. The van der Waals surface area contributed by atoms with Gasteiger partial charge in [0.2, 0.25) is 0 Å². The molecule has 0 aromatic carbocycles. The van der Waals surface area contributed by atoms with Gasteiger partial charge in [-0.05, 0) is 19.1 Å². The van der Waals surface area contributed by atoms with Gasteiger partial charge in [0.15, 0.2) is 0 Å². The van der Waals surface area contributed by atoms with Crippen molar-refractivity contribution in [2.45, 2.75) is 19.5 Å². The molecule has 1 aromatic heterocycles. The summed E-state index contributed by atoms with van der Waals surface area (Å²) in [5, 5.41) is 11.6. The van der Waals surface area contributed by atoms with Crippen LogP contribution < -0.4 is 5.32 Å². The quantitative estimate of drug-likeness (QED) is 0.782. The molecule has 1 aromatic rings. The normalized spacial score (nSPS) is 11.8. The second-order valence-electron chi connectivity index (χ2n) is 3.00. The molecule has 0 aliphatic heterocycles. The van der Waals surface area contributed by atoms with E-state index in [1.54, 1.807) is 13.0 Å². The molecule has 0 spiro atoms. The molecular formula is C10H12N2O2S. The van der Waals surface area contributed by atoms with Crippen LogP contribution in [-0.4, -0.2) is 19.1 Å². The lowest BCUT2D eigenvalue weighted by Gasteiger charge is -2.09. The van der Waals surface area contributed by atoms with Crippen molar-refractivity contribution in [2.75, 3.05) is 7.11 Å². The van der Waals surface area contributed by atoms with Gasteiger partial charge >= 0.3 is 5.97 Å². The Kier molecular flexibility index (Phi) is 4.28. The van der Waals surface area contributed by atoms with Crippen LogP contribution >= 0.6 is 11.3 Å². The fourth-order valence-corrected chi connectivity index (χ4v) is 1.80. The van der Waals surface area contributed by atoms with Crippen molar-refractivity contribution in [3.63, 3.8) is 0 Å². The van der Waals surface area contributed by atoms with Gasteiger partial charge in [0, 0.05) is 11.4 Å². The minimum Gasteiger partial charge on any atom is -0.468 e. The van der Waals surface area contributed by atoms with Gasteiger partial charge in [0.05, 0.1) is 7.11 Å². The molecule has 1 rings (SSSR count). The number of carbonyl (C=O) groups excluding carboxylic acids is 1. The Balaban J connectivity index is 2.44. The molecule has 80 valence electrons. The molecule has 5 heteroatoms. The SMILES string of the molecule is COC(=O)[C@@H](C)NCc1ccc(C#N)s1. The minimum absolute atomic E-state index is 0.285. The van der Waals surface area contributed by atoms with Crippen molar-refractivity contribution in [1.29, 1.82) is 5.26 Å². The van der Waals surface area contributed by atoms with Crippen LogP contribution in [0.15, 0.2) is 12.1 Å². The lowest BCUT2D eigenvalue weighted by Crippen LogP contribution is -2.34. The number of ether oxygens (including phenoxy) is 1. The summed E-state index contributed by atoms with van der Waals surface area (Å²) in [5.74, 6) is -0.285. The molecule has 0 bridgehead atoms. The first-order chi connectivity index (χ1) is 7.17. The molecule has 0 amide bonds. The van der Waals surface area contributed by atoms with Gasteiger partial charge in [0.25, 0.3) is 0 Å². The molecule has 15 heavy (non-hydrogen) atoms. The highest BCUT2D eigenvalue weighted by molar-refractivity contribution is 7.12. The first-order valence-electron chi connectivity index (χ1n) is 4.47. The highest BCUT2D eigenvalue weighted by Crippen LogP contribution is 2.14. The first-order valence-corrected chi connectivity index (χ1v) is 5.29. The van der Waals surface area contributed by atoms with E-state index in [4.69, 9.17) is 5.26 Å². The highest BCUT2D eigenvalue weighted by Gasteiger charge is 2.12. The van der Waals surface area contributed by atoms with E-state index in [0.29, 0.717) is 11.4 Å². The maximum absolute atomic E-state index is 11.1. The number of nitrogens with zero attached hydrogens (tertiary/aromatic N) is 1. The van der Waals surface area contributed by atoms with Gasteiger partial charge in [-0.2, -0.15) is 5.26 Å². The van der Waals surface area contributed by atoms with Crippen LogP contribution in [0, 0.1) is 11.3 Å². The van der Waals surface area contributed by atoms with Crippen molar-refractivity contribution in [3.05, 3.63) is 21.9 Å². The van der Waals surface area contributed by atoms with E-state index in [9.17, 15) is 4.79 Å². The summed E-state index contributed by atoms with van der Waals surface area (Å²) < 4.78 is 4.58. The number of nitriles is 1.